The van der Waals surface area contributed by atoms with Crippen molar-refractivity contribution in [1.82, 2.24) is 4.90 Å². The fourth-order valence-electron chi connectivity index (χ4n) is 1.66. The number of alkyl halides is 1. The van der Waals surface area contributed by atoms with Crippen LogP contribution in [0.1, 0.15) is 27.2 Å². The highest BCUT2D eigenvalue weighted by atomic mass is 35.5. The number of halogens is 1. The molecular weight excluding hydrogens is 230 g/mol. The second kappa shape index (κ2) is 5.23. The molecule has 94 valence electrons. The molecule has 5 heteroatoms. The zero-order valence-electron chi connectivity index (χ0n) is 10.1. The van der Waals surface area contributed by atoms with Gasteiger partial charge in [-0.2, -0.15) is 0 Å². The number of rotatable bonds is 1. The van der Waals surface area contributed by atoms with E-state index >= 15 is 0 Å². The van der Waals surface area contributed by atoms with Gasteiger partial charge in [0.1, 0.15) is 5.60 Å². The van der Waals surface area contributed by atoms with Gasteiger partial charge in [-0.1, -0.05) is 0 Å². The number of carbonyl (C=O) groups excluding carboxylic acids is 1. The van der Waals surface area contributed by atoms with E-state index < -0.39 is 11.7 Å². The Labute approximate surface area is 102 Å². The van der Waals surface area contributed by atoms with E-state index in [1.54, 1.807) is 4.90 Å². The van der Waals surface area contributed by atoms with Gasteiger partial charge in [0.25, 0.3) is 0 Å². The minimum absolute atomic E-state index is 0.0528. The maximum Gasteiger partial charge on any atom is 0.410 e. The summed E-state index contributed by atoms with van der Waals surface area (Å²) in [4.78, 5) is 13.4. The molecule has 1 aliphatic heterocycles. The number of likely N-dealkylation sites (tertiary alicyclic amines) is 1. The van der Waals surface area contributed by atoms with Crippen molar-refractivity contribution in [2.75, 3.05) is 19.0 Å². The highest BCUT2D eigenvalue weighted by Gasteiger charge is 2.31. The lowest BCUT2D eigenvalue weighted by atomic mass is 9.97. The monoisotopic (exact) mass is 249 g/mol. The molecule has 1 N–H and O–H groups in total. The number of carbonyl (C=O) groups is 1. The maximum absolute atomic E-state index is 11.8. The van der Waals surface area contributed by atoms with Crippen molar-refractivity contribution in [2.24, 2.45) is 5.92 Å². The molecule has 1 amide bonds. The van der Waals surface area contributed by atoms with Gasteiger partial charge in [0, 0.05) is 24.9 Å². The van der Waals surface area contributed by atoms with Crippen molar-refractivity contribution in [2.45, 2.75) is 38.9 Å². The third-order valence-corrected chi connectivity index (χ3v) is 2.94. The van der Waals surface area contributed by atoms with Gasteiger partial charge in [0.15, 0.2) is 0 Å². The first-order chi connectivity index (χ1) is 7.33. The van der Waals surface area contributed by atoms with Gasteiger partial charge in [0.05, 0.1) is 6.10 Å². The summed E-state index contributed by atoms with van der Waals surface area (Å²) in [6.07, 6.45) is -0.165. The summed E-state index contributed by atoms with van der Waals surface area (Å²) >= 11 is 5.74. The number of piperidine rings is 1. The topological polar surface area (TPSA) is 49.8 Å². The summed E-state index contributed by atoms with van der Waals surface area (Å²) in [5, 5.41) is 9.64. The Morgan fingerprint density at radius 2 is 2.19 bits per heavy atom. The van der Waals surface area contributed by atoms with E-state index in [0.717, 1.165) is 0 Å². The van der Waals surface area contributed by atoms with Gasteiger partial charge >= 0.3 is 6.09 Å². The third kappa shape index (κ3) is 3.83. The lowest BCUT2D eigenvalue weighted by Gasteiger charge is -2.36. The molecule has 1 saturated heterocycles. The highest BCUT2D eigenvalue weighted by molar-refractivity contribution is 6.18. The Hall–Kier alpha value is -0.480. The predicted octanol–water partition coefficient (Wildman–Crippen LogP) is 1.84. The van der Waals surface area contributed by atoms with E-state index in [0.29, 0.717) is 25.4 Å². The lowest BCUT2D eigenvalue weighted by Crippen LogP contribution is -2.48. The van der Waals surface area contributed by atoms with E-state index in [-0.39, 0.29) is 12.0 Å². The van der Waals surface area contributed by atoms with E-state index in [2.05, 4.69) is 0 Å². The van der Waals surface area contributed by atoms with Crippen LogP contribution in [0.15, 0.2) is 0 Å². The summed E-state index contributed by atoms with van der Waals surface area (Å²) < 4.78 is 5.27. The fraction of sp³-hybridized carbons (Fsp3) is 0.909. The molecule has 2 atom stereocenters. The predicted molar refractivity (Wildman–Crippen MR) is 62.6 cm³/mol. The SMILES string of the molecule is CC(C)(C)OC(=O)N1CCC(O)C(CCl)C1. The Kier molecular flexibility index (Phi) is 4.44. The average molecular weight is 250 g/mol. The van der Waals surface area contributed by atoms with E-state index in [4.69, 9.17) is 16.3 Å². The van der Waals surface area contributed by atoms with Crippen LogP contribution in [-0.2, 0) is 4.74 Å². The Bertz CT molecular complexity index is 252. The smallest absolute Gasteiger partial charge is 0.410 e. The Morgan fingerprint density at radius 1 is 1.56 bits per heavy atom. The zero-order valence-corrected chi connectivity index (χ0v) is 10.8. The van der Waals surface area contributed by atoms with E-state index in [1.807, 2.05) is 20.8 Å². The van der Waals surface area contributed by atoms with Crippen LogP contribution >= 0.6 is 11.6 Å². The van der Waals surface area contributed by atoms with Crippen LogP contribution in [0.4, 0.5) is 4.79 Å². The van der Waals surface area contributed by atoms with Gasteiger partial charge in [-0.25, -0.2) is 4.79 Å². The van der Waals surface area contributed by atoms with E-state index in [1.165, 1.54) is 0 Å². The van der Waals surface area contributed by atoms with Crippen LogP contribution in [0.3, 0.4) is 0 Å². The summed E-state index contributed by atoms with van der Waals surface area (Å²) in [6, 6.07) is 0. The van der Waals surface area contributed by atoms with Crippen LogP contribution in [0, 0.1) is 5.92 Å². The molecule has 0 aliphatic carbocycles. The molecule has 2 unspecified atom stereocenters. The molecule has 0 bridgehead atoms. The molecule has 1 heterocycles. The van der Waals surface area contributed by atoms with Crippen molar-refractivity contribution < 1.29 is 14.6 Å². The molecule has 0 aromatic carbocycles. The first kappa shape index (κ1) is 13.6. The van der Waals surface area contributed by atoms with Crippen molar-refractivity contribution in [3.05, 3.63) is 0 Å². The summed E-state index contributed by atoms with van der Waals surface area (Å²) in [6.45, 7) is 6.51. The van der Waals surface area contributed by atoms with Crippen molar-refractivity contribution in [3.8, 4) is 0 Å². The fourth-order valence-corrected chi connectivity index (χ4v) is 1.97. The van der Waals surface area contributed by atoms with Crippen LogP contribution in [0.25, 0.3) is 0 Å². The first-order valence-electron chi connectivity index (χ1n) is 5.55. The molecular formula is C11H20ClNO3. The average Bonchev–Trinajstić information content (AvgIpc) is 2.15. The van der Waals surface area contributed by atoms with E-state index in [9.17, 15) is 9.90 Å². The minimum atomic E-state index is -0.483. The molecule has 0 aromatic rings. The molecule has 0 spiro atoms. The molecule has 0 saturated carbocycles. The van der Waals surface area contributed by atoms with Crippen molar-refractivity contribution in [3.63, 3.8) is 0 Å². The summed E-state index contributed by atoms with van der Waals surface area (Å²) in [5.41, 5.74) is -0.483. The lowest BCUT2D eigenvalue weighted by molar-refractivity contribution is -0.00423. The van der Waals surface area contributed by atoms with Gasteiger partial charge in [0.2, 0.25) is 0 Å². The molecule has 4 nitrogen and oxygen atoms in total. The molecule has 1 fully saturated rings. The maximum atomic E-state index is 11.8. The largest absolute Gasteiger partial charge is 0.444 e. The summed E-state index contributed by atoms with van der Waals surface area (Å²) in [7, 11) is 0. The van der Waals surface area contributed by atoms with Gasteiger partial charge in [-0.15, -0.1) is 11.6 Å². The normalized spacial score (nSPS) is 26.7. The second-order valence-electron chi connectivity index (χ2n) is 5.20. The quantitative estimate of drug-likeness (QED) is 0.722. The Morgan fingerprint density at radius 3 is 2.69 bits per heavy atom. The molecule has 0 radical (unpaired) electrons. The number of aliphatic hydroxyl groups excluding tert-OH is 1. The van der Waals surface area contributed by atoms with Crippen molar-refractivity contribution in [1.29, 1.82) is 0 Å². The van der Waals surface area contributed by atoms with Crippen LogP contribution in [0.2, 0.25) is 0 Å². The van der Waals surface area contributed by atoms with Crippen LogP contribution < -0.4 is 0 Å². The van der Waals surface area contributed by atoms with Crippen LogP contribution in [0.5, 0.6) is 0 Å². The van der Waals surface area contributed by atoms with Gasteiger partial charge < -0.3 is 14.7 Å². The molecule has 0 aromatic heterocycles. The number of amides is 1. The summed E-state index contributed by atoms with van der Waals surface area (Å²) in [5.74, 6) is 0.309. The zero-order chi connectivity index (χ0) is 12.3. The van der Waals surface area contributed by atoms with Gasteiger partial charge in [-0.3, -0.25) is 0 Å². The molecule has 1 rings (SSSR count). The Balaban J connectivity index is 2.52. The number of aliphatic hydroxyl groups is 1. The number of ether oxygens (including phenoxy) is 1. The minimum Gasteiger partial charge on any atom is -0.444 e. The molecule has 1 aliphatic rings. The second-order valence-corrected chi connectivity index (χ2v) is 5.51. The standard InChI is InChI=1S/C11H20ClNO3/c1-11(2,3)16-10(15)13-5-4-9(14)8(6-12)7-13/h8-9,14H,4-7H2,1-3H3. The third-order valence-electron chi connectivity index (χ3n) is 2.54. The first-order valence-corrected chi connectivity index (χ1v) is 6.09. The number of hydrogen-bond acceptors (Lipinski definition) is 3. The molecule has 16 heavy (non-hydrogen) atoms. The van der Waals surface area contributed by atoms with Gasteiger partial charge in [-0.05, 0) is 27.2 Å². The highest BCUT2D eigenvalue weighted by Crippen LogP contribution is 2.20. The number of hydrogen-bond donors (Lipinski definition) is 1. The van der Waals surface area contributed by atoms with Crippen molar-refractivity contribution >= 4 is 17.7 Å². The van der Waals surface area contributed by atoms with Crippen LogP contribution in [-0.4, -0.2) is 46.8 Å². The number of nitrogens with zero attached hydrogens (tertiary/aromatic N) is 1.